The van der Waals surface area contributed by atoms with Crippen LogP contribution in [-0.2, 0) is 13.2 Å². The van der Waals surface area contributed by atoms with E-state index in [0.717, 1.165) is 5.75 Å². The summed E-state index contributed by atoms with van der Waals surface area (Å²) in [5, 5.41) is 0. The zero-order valence-corrected chi connectivity index (χ0v) is 11.6. The van der Waals surface area contributed by atoms with E-state index in [-0.39, 0.29) is 0 Å². The Morgan fingerprint density at radius 1 is 1.31 bits per heavy atom. The fraction of sp³-hybridized carbons (Fsp3) is 0.556. The SMILES string of the molecule is CCCC[S][Ti]([Cl])([Cl])[CH]1C=CC=C1. The monoisotopic (exact) mass is 272 g/mol. The van der Waals surface area contributed by atoms with Gasteiger partial charge >= 0.3 is 95.2 Å². The first-order valence-corrected chi connectivity index (χ1v) is 12.6. The van der Waals surface area contributed by atoms with Crippen LogP contribution >= 0.6 is 28.0 Å². The van der Waals surface area contributed by atoms with Gasteiger partial charge < -0.3 is 0 Å². The third-order valence-corrected chi connectivity index (χ3v) is 13.3. The van der Waals surface area contributed by atoms with Crippen LogP contribution in [0, 0.1) is 0 Å². The van der Waals surface area contributed by atoms with Crippen LogP contribution in [0.3, 0.4) is 0 Å². The molecule has 0 radical (unpaired) electrons. The average molecular weight is 273 g/mol. The van der Waals surface area contributed by atoms with Crippen molar-refractivity contribution in [3.05, 3.63) is 24.3 Å². The summed E-state index contributed by atoms with van der Waals surface area (Å²) in [6.07, 6.45) is 10.8. The molecular weight excluding hydrogens is 259 g/mol. The van der Waals surface area contributed by atoms with Crippen LogP contribution in [0.5, 0.6) is 0 Å². The molecule has 0 aromatic heterocycles. The molecule has 1 aliphatic carbocycles. The van der Waals surface area contributed by atoms with E-state index in [0.29, 0.717) is 4.22 Å². The molecule has 0 saturated carbocycles. The predicted octanol–water partition coefficient (Wildman–Crippen LogP) is 4.81. The molecule has 0 atom stereocenters. The van der Waals surface area contributed by atoms with Crippen molar-refractivity contribution in [2.45, 2.75) is 24.0 Å². The summed E-state index contributed by atoms with van der Waals surface area (Å²) in [5.41, 5.74) is 0. The van der Waals surface area contributed by atoms with Crippen LogP contribution in [0.4, 0.5) is 0 Å². The van der Waals surface area contributed by atoms with Crippen LogP contribution in [-0.4, -0.2) is 5.75 Å². The molecule has 0 bridgehead atoms. The van der Waals surface area contributed by atoms with Crippen molar-refractivity contribution < 1.29 is 13.2 Å². The van der Waals surface area contributed by atoms with Crippen molar-refractivity contribution >= 4 is 28.0 Å². The summed E-state index contributed by atoms with van der Waals surface area (Å²) < 4.78 is 0.352. The fourth-order valence-electron chi connectivity index (χ4n) is 1.10. The Balaban J connectivity index is 2.36. The molecule has 0 aromatic rings. The van der Waals surface area contributed by atoms with Crippen molar-refractivity contribution in [1.29, 1.82) is 0 Å². The van der Waals surface area contributed by atoms with Crippen LogP contribution in [0.2, 0.25) is 4.22 Å². The minimum atomic E-state index is -2.62. The molecule has 13 heavy (non-hydrogen) atoms. The normalized spacial score (nSPS) is 17.2. The molecule has 0 amide bonds. The van der Waals surface area contributed by atoms with Gasteiger partial charge in [-0.25, -0.2) is 0 Å². The van der Waals surface area contributed by atoms with E-state index in [1.165, 1.54) is 12.8 Å². The Morgan fingerprint density at radius 2 is 1.92 bits per heavy atom. The van der Waals surface area contributed by atoms with Crippen molar-refractivity contribution in [3.63, 3.8) is 0 Å². The molecule has 0 saturated heterocycles. The Kier molecular flexibility index (Phi) is 5.51. The van der Waals surface area contributed by atoms with Gasteiger partial charge in [-0.3, -0.25) is 0 Å². The maximum atomic E-state index is 6.39. The molecule has 4 heteroatoms. The Bertz CT molecular complexity index is 202. The summed E-state index contributed by atoms with van der Waals surface area (Å²) in [6.45, 7) is 2.19. The second-order valence-electron chi connectivity index (χ2n) is 3.06. The van der Waals surface area contributed by atoms with E-state index < -0.39 is 13.2 Å². The van der Waals surface area contributed by atoms with Crippen LogP contribution in [0.1, 0.15) is 19.8 Å². The number of rotatable bonds is 5. The second kappa shape index (κ2) is 5.87. The van der Waals surface area contributed by atoms with Crippen LogP contribution in [0.25, 0.3) is 0 Å². The summed E-state index contributed by atoms with van der Waals surface area (Å²) in [4.78, 5) is 0. The van der Waals surface area contributed by atoms with Crippen LogP contribution < -0.4 is 0 Å². The van der Waals surface area contributed by atoms with E-state index in [1.807, 2.05) is 21.5 Å². The first kappa shape index (κ1) is 12.2. The van der Waals surface area contributed by atoms with E-state index in [1.54, 1.807) is 0 Å². The van der Waals surface area contributed by atoms with Gasteiger partial charge in [0.2, 0.25) is 0 Å². The number of allylic oxidation sites excluding steroid dienone is 4. The topological polar surface area (TPSA) is 0 Å². The molecule has 0 unspecified atom stereocenters. The summed E-state index contributed by atoms with van der Waals surface area (Å²) in [6, 6.07) is 0. The Morgan fingerprint density at radius 3 is 2.46 bits per heavy atom. The van der Waals surface area contributed by atoms with Gasteiger partial charge in [0, 0.05) is 0 Å². The Labute approximate surface area is 94.5 Å². The molecule has 1 aliphatic rings. The van der Waals surface area contributed by atoms with Gasteiger partial charge in [-0.2, -0.15) is 0 Å². The summed E-state index contributed by atoms with van der Waals surface area (Å²) in [5.74, 6) is 1.11. The van der Waals surface area contributed by atoms with Gasteiger partial charge in [0.25, 0.3) is 0 Å². The van der Waals surface area contributed by atoms with Gasteiger partial charge in [0.05, 0.1) is 0 Å². The number of halogens is 2. The van der Waals surface area contributed by atoms with E-state index in [2.05, 4.69) is 19.1 Å². The van der Waals surface area contributed by atoms with E-state index >= 15 is 0 Å². The first-order valence-electron chi connectivity index (χ1n) is 4.53. The summed E-state index contributed by atoms with van der Waals surface area (Å²) in [7, 11) is 14.6. The second-order valence-corrected chi connectivity index (χ2v) is 18.1. The molecule has 74 valence electrons. The molecule has 0 N–H and O–H groups in total. The number of hydrogen-bond acceptors (Lipinski definition) is 1. The van der Waals surface area contributed by atoms with Gasteiger partial charge in [0.15, 0.2) is 0 Å². The molecule has 0 heterocycles. The fourth-order valence-corrected chi connectivity index (χ4v) is 9.66. The molecule has 0 nitrogen and oxygen atoms in total. The van der Waals surface area contributed by atoms with Crippen molar-refractivity contribution in [2.24, 2.45) is 0 Å². The zero-order valence-electron chi connectivity index (χ0n) is 7.67. The standard InChI is InChI=1S/C5H5.C4H10S.2ClH.Ti/c1-2-4-5-3-1;1-2-3-4-5;;;/h1-5H;5H,2-4H2,1H3;2*1H;/q;;;;+3/p-3. The third-order valence-electron chi connectivity index (χ3n) is 1.93. The molecule has 1 rings (SSSR count). The molecule has 0 spiro atoms. The number of unbranched alkanes of at least 4 members (excludes halogenated alkanes) is 1. The molecule has 0 aliphatic heterocycles. The Hall–Kier alpha value is 1.12. The van der Waals surface area contributed by atoms with Crippen molar-refractivity contribution in [3.8, 4) is 0 Å². The minimum absolute atomic E-state index is 0.352. The quantitative estimate of drug-likeness (QED) is 0.511. The van der Waals surface area contributed by atoms with Gasteiger partial charge in [-0.05, 0) is 0 Å². The molecule has 0 fully saturated rings. The van der Waals surface area contributed by atoms with Gasteiger partial charge in [-0.1, -0.05) is 0 Å². The van der Waals surface area contributed by atoms with Crippen molar-refractivity contribution in [2.75, 3.05) is 5.75 Å². The predicted molar refractivity (Wildman–Crippen MR) is 61.1 cm³/mol. The van der Waals surface area contributed by atoms with Crippen LogP contribution in [0.15, 0.2) is 24.3 Å². The van der Waals surface area contributed by atoms with Crippen molar-refractivity contribution in [1.82, 2.24) is 0 Å². The molecule has 0 aromatic carbocycles. The van der Waals surface area contributed by atoms with E-state index in [9.17, 15) is 0 Å². The first-order chi connectivity index (χ1) is 6.17. The maximum absolute atomic E-state index is 6.39. The zero-order chi connectivity index (χ0) is 9.73. The summed E-state index contributed by atoms with van der Waals surface area (Å²) >= 11 is -2.62. The number of hydrogen-bond donors (Lipinski definition) is 0. The van der Waals surface area contributed by atoms with E-state index in [4.69, 9.17) is 18.6 Å². The average Bonchev–Trinajstić information content (AvgIpc) is 2.56. The molecular formula is C9H14Cl2STi. The third kappa shape index (κ3) is 4.01. The van der Waals surface area contributed by atoms with Gasteiger partial charge in [0.1, 0.15) is 0 Å². The van der Waals surface area contributed by atoms with Gasteiger partial charge in [-0.15, -0.1) is 0 Å².